The highest BCUT2D eigenvalue weighted by Crippen LogP contribution is 2.23. The van der Waals surface area contributed by atoms with E-state index in [4.69, 9.17) is 14.2 Å². The Labute approximate surface area is 213 Å². The lowest BCUT2D eigenvalue weighted by Crippen LogP contribution is -2.29. The number of unbranched alkanes of at least 4 members (excludes halogenated alkanes) is 3. The Morgan fingerprint density at radius 2 is 1.69 bits per heavy atom. The van der Waals surface area contributed by atoms with E-state index in [0.717, 1.165) is 35.4 Å². The normalized spacial score (nSPS) is 11.4. The first kappa shape index (κ1) is 29.1. The molecule has 0 saturated carbocycles. The molecule has 1 amide bonds. The number of benzene rings is 1. The highest BCUT2D eigenvalue weighted by molar-refractivity contribution is 7.99. The minimum Gasteiger partial charge on any atom is -0.491 e. The number of amides is 1. The average Bonchev–Trinajstić information content (AvgIpc) is 3.27. The van der Waals surface area contributed by atoms with Gasteiger partial charge in [-0.25, -0.2) is 0 Å². The standard InChI is InChI=1S/C25H41N5O4S/c1-20(2)9-7-5-6-8-14-26-24(31)19-33-16-15-32-17-18-34-23-12-10-22(11-13-23)30-25(27-28-29-30)35-21(3)4/h10-13,20-21H,5-9,14-19H2,1-4H3,(H,26,31). The smallest absolute Gasteiger partial charge is 0.245 e. The predicted molar refractivity (Wildman–Crippen MR) is 138 cm³/mol. The Morgan fingerprint density at radius 3 is 2.43 bits per heavy atom. The van der Waals surface area contributed by atoms with Crippen molar-refractivity contribution in [3.05, 3.63) is 24.3 Å². The highest BCUT2D eigenvalue weighted by Gasteiger charge is 2.10. The van der Waals surface area contributed by atoms with Gasteiger partial charge >= 0.3 is 0 Å². The summed E-state index contributed by atoms with van der Waals surface area (Å²) < 4.78 is 18.3. The molecule has 0 aliphatic heterocycles. The van der Waals surface area contributed by atoms with Crippen LogP contribution in [0.25, 0.3) is 5.69 Å². The minimum atomic E-state index is -0.0736. The number of tetrazole rings is 1. The van der Waals surface area contributed by atoms with Crippen molar-refractivity contribution < 1.29 is 19.0 Å². The fourth-order valence-electron chi connectivity index (χ4n) is 3.22. The molecule has 2 aromatic rings. The van der Waals surface area contributed by atoms with Crippen LogP contribution in [0.1, 0.15) is 59.8 Å². The first-order valence-electron chi connectivity index (χ1n) is 12.6. The van der Waals surface area contributed by atoms with E-state index in [1.165, 1.54) is 19.3 Å². The van der Waals surface area contributed by atoms with E-state index in [1.54, 1.807) is 16.4 Å². The van der Waals surface area contributed by atoms with Crippen LogP contribution in [0.2, 0.25) is 0 Å². The Hall–Kier alpha value is -2.17. The van der Waals surface area contributed by atoms with E-state index in [9.17, 15) is 4.79 Å². The molecule has 0 fully saturated rings. The summed E-state index contributed by atoms with van der Waals surface area (Å²) in [4.78, 5) is 11.8. The molecular formula is C25H41N5O4S. The van der Waals surface area contributed by atoms with Crippen LogP contribution in [0.4, 0.5) is 0 Å². The number of thioether (sulfide) groups is 1. The lowest BCUT2D eigenvalue weighted by Gasteiger charge is -2.09. The summed E-state index contributed by atoms with van der Waals surface area (Å²) in [6, 6.07) is 7.61. The molecule has 2 rings (SSSR count). The molecule has 0 radical (unpaired) electrons. The molecule has 196 valence electrons. The quantitative estimate of drug-likeness (QED) is 0.222. The molecular weight excluding hydrogens is 466 g/mol. The maximum absolute atomic E-state index is 11.8. The van der Waals surface area contributed by atoms with Crippen LogP contribution >= 0.6 is 11.8 Å². The van der Waals surface area contributed by atoms with Crippen LogP contribution in [-0.2, 0) is 14.3 Å². The monoisotopic (exact) mass is 507 g/mol. The van der Waals surface area contributed by atoms with Gasteiger partial charge in [0, 0.05) is 11.8 Å². The van der Waals surface area contributed by atoms with Crippen molar-refractivity contribution in [2.45, 2.75) is 70.2 Å². The zero-order valence-electron chi connectivity index (χ0n) is 21.6. The summed E-state index contributed by atoms with van der Waals surface area (Å²) in [6.45, 7) is 11.1. The molecule has 0 spiro atoms. The molecule has 9 nitrogen and oxygen atoms in total. The van der Waals surface area contributed by atoms with Gasteiger partial charge in [-0.1, -0.05) is 65.1 Å². The van der Waals surface area contributed by atoms with Crippen molar-refractivity contribution in [1.29, 1.82) is 0 Å². The first-order chi connectivity index (χ1) is 17.0. The molecule has 0 bridgehead atoms. The molecule has 1 N–H and O–H groups in total. The molecule has 1 aromatic heterocycles. The topological polar surface area (TPSA) is 100 Å². The van der Waals surface area contributed by atoms with Gasteiger partial charge in [-0.3, -0.25) is 4.79 Å². The number of ether oxygens (including phenoxy) is 3. The summed E-state index contributed by atoms with van der Waals surface area (Å²) in [5.74, 6) is 1.44. The van der Waals surface area contributed by atoms with E-state index < -0.39 is 0 Å². The number of hydrogen-bond acceptors (Lipinski definition) is 8. The van der Waals surface area contributed by atoms with E-state index in [2.05, 4.69) is 48.5 Å². The lowest BCUT2D eigenvalue weighted by atomic mass is 10.0. The fraction of sp³-hybridized carbons (Fsp3) is 0.680. The Morgan fingerprint density at radius 1 is 0.971 bits per heavy atom. The number of rotatable bonds is 19. The van der Waals surface area contributed by atoms with E-state index in [0.29, 0.717) is 38.2 Å². The van der Waals surface area contributed by atoms with Gasteiger partial charge in [0.05, 0.1) is 25.5 Å². The van der Waals surface area contributed by atoms with Gasteiger partial charge in [0.2, 0.25) is 11.1 Å². The molecule has 10 heteroatoms. The number of carbonyl (C=O) groups excluding carboxylic acids is 1. The predicted octanol–water partition coefficient (Wildman–Crippen LogP) is 4.30. The second kappa shape index (κ2) is 17.3. The second-order valence-electron chi connectivity index (χ2n) is 8.99. The van der Waals surface area contributed by atoms with Crippen LogP contribution in [0, 0.1) is 5.92 Å². The van der Waals surface area contributed by atoms with Crippen LogP contribution in [0.15, 0.2) is 29.4 Å². The van der Waals surface area contributed by atoms with Crippen molar-refractivity contribution in [2.75, 3.05) is 39.6 Å². The van der Waals surface area contributed by atoms with Gasteiger partial charge in [0.25, 0.3) is 0 Å². The van der Waals surface area contributed by atoms with E-state index in [-0.39, 0.29) is 12.5 Å². The molecule has 0 unspecified atom stereocenters. The number of nitrogens with one attached hydrogen (secondary N) is 1. The van der Waals surface area contributed by atoms with Crippen LogP contribution < -0.4 is 10.1 Å². The minimum absolute atomic E-state index is 0.0677. The van der Waals surface area contributed by atoms with Crippen molar-refractivity contribution >= 4 is 17.7 Å². The van der Waals surface area contributed by atoms with Gasteiger partial charge in [-0.05, 0) is 47.0 Å². The summed E-state index contributed by atoms with van der Waals surface area (Å²) in [7, 11) is 0. The van der Waals surface area contributed by atoms with Gasteiger partial charge < -0.3 is 19.5 Å². The fourth-order valence-corrected chi connectivity index (χ4v) is 3.97. The van der Waals surface area contributed by atoms with Crippen molar-refractivity contribution in [1.82, 2.24) is 25.5 Å². The maximum Gasteiger partial charge on any atom is 0.245 e. The molecule has 1 heterocycles. The molecule has 0 aliphatic rings. The number of aromatic nitrogens is 4. The van der Waals surface area contributed by atoms with Crippen LogP contribution in [0.5, 0.6) is 5.75 Å². The Kier molecular flexibility index (Phi) is 14.4. The Bertz CT molecular complexity index is 830. The molecule has 0 saturated heterocycles. The Balaban J connectivity index is 1.47. The van der Waals surface area contributed by atoms with E-state index in [1.807, 2.05) is 24.3 Å². The van der Waals surface area contributed by atoms with E-state index >= 15 is 0 Å². The average molecular weight is 508 g/mol. The number of hydrogen-bond donors (Lipinski definition) is 1. The van der Waals surface area contributed by atoms with Crippen LogP contribution in [0.3, 0.4) is 0 Å². The third-order valence-corrected chi connectivity index (χ3v) is 5.93. The summed E-state index contributed by atoms with van der Waals surface area (Å²) in [5, 5.41) is 15.9. The van der Waals surface area contributed by atoms with Crippen molar-refractivity contribution in [3.8, 4) is 11.4 Å². The number of nitrogens with zero attached hydrogens (tertiary/aromatic N) is 4. The molecule has 0 atom stereocenters. The zero-order chi connectivity index (χ0) is 25.3. The number of carbonyl (C=O) groups is 1. The largest absolute Gasteiger partial charge is 0.491 e. The van der Waals surface area contributed by atoms with Crippen molar-refractivity contribution in [3.63, 3.8) is 0 Å². The summed E-state index contributed by atoms with van der Waals surface area (Å²) >= 11 is 1.61. The highest BCUT2D eigenvalue weighted by atomic mass is 32.2. The van der Waals surface area contributed by atoms with Crippen LogP contribution in [-0.4, -0.2) is 70.9 Å². The molecule has 1 aromatic carbocycles. The van der Waals surface area contributed by atoms with Gasteiger partial charge in [-0.2, -0.15) is 4.68 Å². The second-order valence-corrected chi connectivity index (χ2v) is 10.5. The van der Waals surface area contributed by atoms with Gasteiger partial charge in [0.1, 0.15) is 19.0 Å². The first-order valence-corrected chi connectivity index (χ1v) is 13.4. The molecule has 0 aliphatic carbocycles. The zero-order valence-corrected chi connectivity index (χ0v) is 22.4. The summed E-state index contributed by atoms with van der Waals surface area (Å²) in [6.07, 6.45) is 5.96. The maximum atomic E-state index is 11.8. The summed E-state index contributed by atoms with van der Waals surface area (Å²) in [5.41, 5.74) is 0.879. The van der Waals surface area contributed by atoms with Crippen molar-refractivity contribution in [2.24, 2.45) is 5.92 Å². The third-order valence-electron chi connectivity index (χ3n) is 5.00. The lowest BCUT2D eigenvalue weighted by molar-refractivity contribution is -0.126. The van der Waals surface area contributed by atoms with Gasteiger partial charge in [-0.15, -0.1) is 5.10 Å². The SMILES string of the molecule is CC(C)CCCCCCNC(=O)COCCOCCOc1ccc(-n2nnnc2SC(C)C)cc1. The third kappa shape index (κ3) is 12.9. The molecule has 35 heavy (non-hydrogen) atoms. The van der Waals surface area contributed by atoms with Gasteiger partial charge in [0.15, 0.2) is 0 Å².